The van der Waals surface area contributed by atoms with Crippen LogP contribution in [0.2, 0.25) is 0 Å². The summed E-state index contributed by atoms with van der Waals surface area (Å²) in [7, 11) is 0. The topological polar surface area (TPSA) is 87.4 Å². The van der Waals surface area contributed by atoms with Crippen molar-refractivity contribution in [3.63, 3.8) is 0 Å². The van der Waals surface area contributed by atoms with Crippen LogP contribution in [0.4, 0.5) is 0 Å². The third-order valence-corrected chi connectivity index (χ3v) is 1.78. The Morgan fingerprint density at radius 1 is 1.82 bits per heavy atom. The van der Waals surface area contributed by atoms with Crippen LogP contribution in [0.3, 0.4) is 0 Å². The second-order valence-corrected chi connectivity index (χ2v) is 2.74. The molecule has 1 aliphatic rings. The zero-order valence-electron chi connectivity index (χ0n) is 6.21. The van der Waals surface area contributed by atoms with Crippen molar-refractivity contribution >= 4 is 5.97 Å². The molecule has 0 amide bonds. The quantitative estimate of drug-likeness (QED) is 0.409. The zero-order valence-corrected chi connectivity index (χ0v) is 6.21. The standard InChI is InChI=1S/C6H13N3O2/c7-5(6(10)11)3-4-1-2-8-9-4/h4-5,8-9H,1-3,7H2,(H,10,11). The molecule has 1 aliphatic heterocycles. The number of rotatable bonds is 3. The highest BCUT2D eigenvalue weighted by atomic mass is 16.4. The highest BCUT2D eigenvalue weighted by Gasteiger charge is 2.20. The molecular weight excluding hydrogens is 146 g/mol. The van der Waals surface area contributed by atoms with Gasteiger partial charge in [0.25, 0.3) is 0 Å². The molecule has 64 valence electrons. The normalized spacial score (nSPS) is 26.8. The maximum absolute atomic E-state index is 10.3. The van der Waals surface area contributed by atoms with Crippen molar-refractivity contribution in [1.29, 1.82) is 0 Å². The number of carbonyl (C=O) groups is 1. The zero-order chi connectivity index (χ0) is 8.27. The average Bonchev–Trinajstić information content (AvgIpc) is 2.39. The lowest BCUT2D eigenvalue weighted by Crippen LogP contribution is -2.39. The summed E-state index contributed by atoms with van der Waals surface area (Å²) < 4.78 is 0. The summed E-state index contributed by atoms with van der Waals surface area (Å²) in [5.74, 6) is -0.932. The minimum Gasteiger partial charge on any atom is -0.480 e. The molecule has 5 heteroatoms. The van der Waals surface area contributed by atoms with Crippen LogP contribution in [-0.4, -0.2) is 29.7 Å². The van der Waals surface area contributed by atoms with E-state index < -0.39 is 12.0 Å². The molecule has 0 aliphatic carbocycles. The number of carboxylic acids is 1. The van der Waals surface area contributed by atoms with E-state index in [-0.39, 0.29) is 6.04 Å². The van der Waals surface area contributed by atoms with Gasteiger partial charge in [-0.1, -0.05) is 0 Å². The van der Waals surface area contributed by atoms with E-state index in [1.165, 1.54) is 0 Å². The van der Waals surface area contributed by atoms with Gasteiger partial charge in [0.15, 0.2) is 0 Å². The largest absolute Gasteiger partial charge is 0.480 e. The minimum absolute atomic E-state index is 0.209. The second-order valence-electron chi connectivity index (χ2n) is 2.74. The van der Waals surface area contributed by atoms with E-state index in [1.807, 2.05) is 0 Å². The van der Waals surface area contributed by atoms with Gasteiger partial charge in [0.2, 0.25) is 0 Å². The van der Waals surface area contributed by atoms with E-state index in [0.717, 1.165) is 13.0 Å². The van der Waals surface area contributed by atoms with Gasteiger partial charge in [0.05, 0.1) is 0 Å². The molecule has 5 N–H and O–H groups in total. The number of nitrogens with one attached hydrogen (secondary N) is 2. The van der Waals surface area contributed by atoms with Crippen LogP contribution >= 0.6 is 0 Å². The van der Waals surface area contributed by atoms with Crippen molar-refractivity contribution in [2.24, 2.45) is 5.73 Å². The summed E-state index contributed by atoms with van der Waals surface area (Å²) in [5.41, 5.74) is 11.2. The molecule has 1 rings (SSSR count). The SMILES string of the molecule is NC(CC1CCNN1)C(=O)O. The molecule has 0 aromatic carbocycles. The molecule has 1 fully saturated rings. The summed E-state index contributed by atoms with van der Waals surface area (Å²) in [6.07, 6.45) is 1.43. The third-order valence-electron chi connectivity index (χ3n) is 1.78. The van der Waals surface area contributed by atoms with Gasteiger partial charge in [0, 0.05) is 12.6 Å². The molecule has 5 nitrogen and oxygen atoms in total. The Balaban J connectivity index is 2.23. The molecule has 0 radical (unpaired) electrons. The van der Waals surface area contributed by atoms with Crippen molar-refractivity contribution in [3.05, 3.63) is 0 Å². The number of hydrazine groups is 1. The van der Waals surface area contributed by atoms with Gasteiger partial charge in [-0.05, 0) is 12.8 Å². The maximum Gasteiger partial charge on any atom is 0.320 e. The second kappa shape index (κ2) is 3.66. The van der Waals surface area contributed by atoms with Crippen LogP contribution in [0, 0.1) is 0 Å². The van der Waals surface area contributed by atoms with E-state index in [0.29, 0.717) is 6.42 Å². The molecular formula is C6H13N3O2. The van der Waals surface area contributed by atoms with Gasteiger partial charge < -0.3 is 10.8 Å². The fourth-order valence-electron chi connectivity index (χ4n) is 1.12. The van der Waals surface area contributed by atoms with Gasteiger partial charge in [0.1, 0.15) is 6.04 Å². The molecule has 2 unspecified atom stereocenters. The van der Waals surface area contributed by atoms with Gasteiger partial charge >= 0.3 is 5.97 Å². The minimum atomic E-state index is -0.932. The van der Waals surface area contributed by atoms with E-state index in [1.54, 1.807) is 0 Å². The lowest BCUT2D eigenvalue weighted by molar-refractivity contribution is -0.138. The van der Waals surface area contributed by atoms with Crippen LogP contribution in [-0.2, 0) is 4.79 Å². The molecule has 0 aromatic heterocycles. The predicted molar refractivity (Wildman–Crippen MR) is 39.8 cm³/mol. The van der Waals surface area contributed by atoms with Crippen LogP contribution in [0.5, 0.6) is 0 Å². The number of nitrogens with two attached hydrogens (primary N) is 1. The molecule has 0 aromatic rings. The van der Waals surface area contributed by atoms with Crippen molar-refractivity contribution in [2.45, 2.75) is 24.9 Å². The van der Waals surface area contributed by atoms with E-state index in [4.69, 9.17) is 10.8 Å². The first-order valence-corrected chi connectivity index (χ1v) is 3.67. The van der Waals surface area contributed by atoms with Gasteiger partial charge in [-0.3, -0.25) is 15.6 Å². The Labute approximate surface area is 64.9 Å². The summed E-state index contributed by atoms with van der Waals surface area (Å²) in [5, 5.41) is 8.47. The maximum atomic E-state index is 10.3. The van der Waals surface area contributed by atoms with E-state index in [2.05, 4.69) is 10.9 Å². The molecule has 0 bridgehead atoms. The highest BCUT2D eigenvalue weighted by molar-refractivity contribution is 5.73. The number of hydrogen-bond donors (Lipinski definition) is 4. The average molecular weight is 159 g/mol. The van der Waals surface area contributed by atoms with E-state index in [9.17, 15) is 4.79 Å². The highest BCUT2D eigenvalue weighted by Crippen LogP contribution is 2.03. The van der Waals surface area contributed by atoms with Crippen molar-refractivity contribution in [2.75, 3.05) is 6.54 Å². The first-order chi connectivity index (χ1) is 5.20. The third kappa shape index (κ3) is 2.45. The smallest absolute Gasteiger partial charge is 0.320 e. The first kappa shape index (κ1) is 8.45. The van der Waals surface area contributed by atoms with Crippen molar-refractivity contribution in [3.8, 4) is 0 Å². The molecule has 11 heavy (non-hydrogen) atoms. The van der Waals surface area contributed by atoms with Gasteiger partial charge in [-0.15, -0.1) is 0 Å². The fourth-order valence-corrected chi connectivity index (χ4v) is 1.12. The molecule has 0 saturated carbocycles. The molecule has 2 atom stereocenters. The monoisotopic (exact) mass is 159 g/mol. The Morgan fingerprint density at radius 3 is 3.00 bits per heavy atom. The van der Waals surface area contributed by atoms with Crippen LogP contribution in [0.25, 0.3) is 0 Å². The molecule has 0 spiro atoms. The van der Waals surface area contributed by atoms with Crippen LogP contribution in [0.1, 0.15) is 12.8 Å². The predicted octanol–water partition coefficient (Wildman–Crippen LogP) is -1.35. The van der Waals surface area contributed by atoms with Crippen LogP contribution < -0.4 is 16.6 Å². The summed E-state index contributed by atoms with van der Waals surface area (Å²) in [6, 6.07) is -0.534. The summed E-state index contributed by atoms with van der Waals surface area (Å²) >= 11 is 0. The number of aliphatic carboxylic acids is 1. The van der Waals surface area contributed by atoms with Gasteiger partial charge in [-0.25, -0.2) is 0 Å². The van der Waals surface area contributed by atoms with Crippen molar-refractivity contribution in [1.82, 2.24) is 10.9 Å². The first-order valence-electron chi connectivity index (χ1n) is 3.67. The lowest BCUT2D eigenvalue weighted by atomic mass is 10.1. The van der Waals surface area contributed by atoms with Gasteiger partial charge in [-0.2, -0.15) is 0 Å². The fraction of sp³-hybridized carbons (Fsp3) is 0.833. The Hall–Kier alpha value is -0.650. The Morgan fingerprint density at radius 2 is 2.55 bits per heavy atom. The lowest BCUT2D eigenvalue weighted by Gasteiger charge is -2.11. The Kier molecular flexibility index (Phi) is 2.81. The number of carboxylic acid groups (broad SMARTS) is 1. The Bertz CT molecular complexity index is 145. The summed E-state index contributed by atoms with van der Waals surface area (Å²) in [4.78, 5) is 10.3. The number of hydrogen-bond acceptors (Lipinski definition) is 4. The summed E-state index contributed by atoms with van der Waals surface area (Å²) in [6.45, 7) is 0.886. The van der Waals surface area contributed by atoms with E-state index >= 15 is 0 Å². The van der Waals surface area contributed by atoms with Crippen LogP contribution in [0.15, 0.2) is 0 Å². The molecule has 1 saturated heterocycles. The van der Waals surface area contributed by atoms with Crippen molar-refractivity contribution < 1.29 is 9.90 Å². The molecule has 1 heterocycles.